The minimum Gasteiger partial charge on any atom is -0.316 e. The molecule has 1 atom stereocenters. The van der Waals surface area contributed by atoms with Crippen LogP contribution in [0.4, 0.5) is 0 Å². The zero-order chi connectivity index (χ0) is 9.80. The van der Waals surface area contributed by atoms with Crippen LogP contribution in [0.5, 0.6) is 0 Å². The first kappa shape index (κ1) is 10.1. The Morgan fingerprint density at radius 1 is 1.43 bits per heavy atom. The second kappa shape index (κ2) is 4.85. The highest BCUT2D eigenvalue weighted by Gasteiger charge is 2.14. The molecule has 1 saturated heterocycles. The van der Waals surface area contributed by atoms with E-state index in [2.05, 4.69) is 36.5 Å². The quantitative estimate of drug-likeness (QED) is 0.765. The van der Waals surface area contributed by atoms with E-state index in [1.807, 2.05) is 11.8 Å². The molecule has 1 aromatic carbocycles. The minimum absolute atomic E-state index is 0.875. The van der Waals surface area contributed by atoms with Crippen LogP contribution in [0.15, 0.2) is 29.2 Å². The van der Waals surface area contributed by atoms with Crippen molar-refractivity contribution in [3.05, 3.63) is 29.8 Å². The molecule has 1 heterocycles. The number of aryl methyl sites for hydroxylation is 1. The monoisotopic (exact) mass is 207 g/mol. The van der Waals surface area contributed by atoms with E-state index in [4.69, 9.17) is 0 Å². The standard InChI is InChI=1S/C12H17NS/c1-10-4-2-3-5-12(10)14-9-11-6-7-13-8-11/h2-5,11,13H,6-9H2,1H3. The zero-order valence-electron chi connectivity index (χ0n) is 8.62. The summed E-state index contributed by atoms with van der Waals surface area (Å²) in [6, 6.07) is 8.65. The van der Waals surface area contributed by atoms with Crippen LogP contribution >= 0.6 is 11.8 Å². The first-order valence-corrected chi connectivity index (χ1v) is 6.24. The summed E-state index contributed by atoms with van der Waals surface area (Å²) in [6.07, 6.45) is 1.35. The molecule has 1 aromatic rings. The molecule has 0 spiro atoms. The minimum atomic E-state index is 0.875. The fourth-order valence-corrected chi connectivity index (χ4v) is 2.95. The number of benzene rings is 1. The van der Waals surface area contributed by atoms with Gasteiger partial charge in [0.1, 0.15) is 0 Å². The van der Waals surface area contributed by atoms with E-state index in [-0.39, 0.29) is 0 Å². The van der Waals surface area contributed by atoms with E-state index in [9.17, 15) is 0 Å². The van der Waals surface area contributed by atoms with Gasteiger partial charge in [0.05, 0.1) is 0 Å². The third-order valence-electron chi connectivity index (χ3n) is 2.73. The van der Waals surface area contributed by atoms with Gasteiger partial charge < -0.3 is 5.32 Å². The summed E-state index contributed by atoms with van der Waals surface area (Å²) in [7, 11) is 0. The van der Waals surface area contributed by atoms with Crippen LogP contribution in [-0.2, 0) is 0 Å². The fraction of sp³-hybridized carbons (Fsp3) is 0.500. The summed E-state index contributed by atoms with van der Waals surface area (Å²) in [5.41, 5.74) is 1.41. The van der Waals surface area contributed by atoms with Crippen molar-refractivity contribution in [1.29, 1.82) is 0 Å². The molecule has 0 aromatic heterocycles. The Bertz CT molecular complexity index is 292. The molecular weight excluding hydrogens is 190 g/mol. The molecule has 1 N–H and O–H groups in total. The van der Waals surface area contributed by atoms with Crippen molar-refractivity contribution in [3.63, 3.8) is 0 Å². The summed E-state index contributed by atoms with van der Waals surface area (Å²) in [4.78, 5) is 1.44. The smallest absolute Gasteiger partial charge is 0.0101 e. The maximum atomic E-state index is 3.41. The lowest BCUT2D eigenvalue weighted by Gasteiger charge is -2.09. The molecular formula is C12H17NS. The molecule has 2 heteroatoms. The SMILES string of the molecule is Cc1ccccc1SCC1CCNC1. The maximum absolute atomic E-state index is 3.41. The molecule has 2 rings (SSSR count). The second-order valence-electron chi connectivity index (χ2n) is 3.94. The Hall–Kier alpha value is -0.470. The van der Waals surface area contributed by atoms with E-state index >= 15 is 0 Å². The lowest BCUT2D eigenvalue weighted by molar-refractivity contribution is 0.662. The van der Waals surface area contributed by atoms with Crippen molar-refractivity contribution in [3.8, 4) is 0 Å². The Morgan fingerprint density at radius 3 is 3.00 bits per heavy atom. The molecule has 0 saturated carbocycles. The van der Waals surface area contributed by atoms with Gasteiger partial charge in [0.15, 0.2) is 0 Å². The molecule has 1 unspecified atom stereocenters. The fourth-order valence-electron chi connectivity index (χ4n) is 1.78. The number of thioether (sulfide) groups is 1. The summed E-state index contributed by atoms with van der Waals surface area (Å²) in [5.74, 6) is 2.14. The zero-order valence-corrected chi connectivity index (χ0v) is 9.44. The number of nitrogens with one attached hydrogen (secondary N) is 1. The molecule has 1 nitrogen and oxygen atoms in total. The highest BCUT2D eigenvalue weighted by atomic mass is 32.2. The van der Waals surface area contributed by atoms with Crippen LogP contribution in [0, 0.1) is 12.8 Å². The van der Waals surface area contributed by atoms with E-state index in [1.165, 1.54) is 35.7 Å². The molecule has 0 aliphatic carbocycles. The van der Waals surface area contributed by atoms with E-state index < -0.39 is 0 Å². The molecule has 1 aliphatic rings. The molecule has 14 heavy (non-hydrogen) atoms. The Kier molecular flexibility index (Phi) is 3.49. The predicted octanol–water partition coefficient (Wildman–Crippen LogP) is 2.70. The van der Waals surface area contributed by atoms with Gasteiger partial charge in [0.2, 0.25) is 0 Å². The van der Waals surface area contributed by atoms with Gasteiger partial charge in [-0.1, -0.05) is 18.2 Å². The summed E-state index contributed by atoms with van der Waals surface area (Å²) in [6.45, 7) is 4.60. The van der Waals surface area contributed by atoms with Crippen molar-refractivity contribution >= 4 is 11.8 Å². The van der Waals surface area contributed by atoms with Crippen LogP contribution in [0.25, 0.3) is 0 Å². The van der Waals surface area contributed by atoms with Crippen molar-refractivity contribution < 1.29 is 0 Å². The predicted molar refractivity (Wildman–Crippen MR) is 62.9 cm³/mol. The Morgan fingerprint density at radius 2 is 2.29 bits per heavy atom. The normalized spacial score (nSPS) is 21.4. The van der Waals surface area contributed by atoms with E-state index in [1.54, 1.807) is 0 Å². The molecule has 0 bridgehead atoms. The van der Waals surface area contributed by atoms with E-state index in [0.717, 1.165) is 5.92 Å². The van der Waals surface area contributed by atoms with Crippen LogP contribution in [0.2, 0.25) is 0 Å². The van der Waals surface area contributed by atoms with Gasteiger partial charge in [-0.25, -0.2) is 0 Å². The largest absolute Gasteiger partial charge is 0.316 e. The van der Waals surface area contributed by atoms with Gasteiger partial charge >= 0.3 is 0 Å². The van der Waals surface area contributed by atoms with Crippen molar-refractivity contribution in [2.75, 3.05) is 18.8 Å². The maximum Gasteiger partial charge on any atom is 0.0101 e. The van der Waals surface area contributed by atoms with Gasteiger partial charge in [0.25, 0.3) is 0 Å². The third kappa shape index (κ3) is 2.52. The van der Waals surface area contributed by atoms with Gasteiger partial charge in [-0.3, -0.25) is 0 Å². The first-order valence-electron chi connectivity index (χ1n) is 5.25. The molecule has 1 aliphatic heterocycles. The van der Waals surface area contributed by atoms with Gasteiger partial charge in [-0.15, -0.1) is 11.8 Å². The Balaban J connectivity index is 1.88. The third-order valence-corrected chi connectivity index (χ3v) is 4.14. The summed E-state index contributed by atoms with van der Waals surface area (Å²) < 4.78 is 0. The average Bonchev–Trinajstić information content (AvgIpc) is 2.69. The summed E-state index contributed by atoms with van der Waals surface area (Å²) >= 11 is 2.00. The van der Waals surface area contributed by atoms with Crippen LogP contribution < -0.4 is 5.32 Å². The molecule has 76 valence electrons. The first-order chi connectivity index (χ1) is 6.86. The van der Waals surface area contributed by atoms with Gasteiger partial charge in [0, 0.05) is 10.6 Å². The van der Waals surface area contributed by atoms with Crippen molar-refractivity contribution in [1.82, 2.24) is 5.32 Å². The lowest BCUT2D eigenvalue weighted by atomic mass is 10.2. The topological polar surface area (TPSA) is 12.0 Å². The van der Waals surface area contributed by atoms with Gasteiger partial charge in [-0.2, -0.15) is 0 Å². The highest BCUT2D eigenvalue weighted by molar-refractivity contribution is 7.99. The summed E-state index contributed by atoms with van der Waals surface area (Å²) in [5, 5.41) is 3.41. The Labute approximate surface area is 90.3 Å². The van der Waals surface area contributed by atoms with E-state index in [0.29, 0.717) is 0 Å². The van der Waals surface area contributed by atoms with Crippen LogP contribution in [-0.4, -0.2) is 18.8 Å². The number of rotatable bonds is 3. The molecule has 0 radical (unpaired) electrons. The van der Waals surface area contributed by atoms with Crippen molar-refractivity contribution in [2.45, 2.75) is 18.2 Å². The second-order valence-corrected chi connectivity index (χ2v) is 5.00. The molecule has 0 amide bonds. The average molecular weight is 207 g/mol. The molecule has 1 fully saturated rings. The number of hydrogen-bond acceptors (Lipinski definition) is 2. The van der Waals surface area contributed by atoms with Crippen LogP contribution in [0.3, 0.4) is 0 Å². The lowest BCUT2D eigenvalue weighted by Crippen LogP contribution is -2.10. The number of hydrogen-bond donors (Lipinski definition) is 1. The van der Waals surface area contributed by atoms with Crippen molar-refractivity contribution in [2.24, 2.45) is 5.92 Å². The van der Waals surface area contributed by atoms with Gasteiger partial charge in [-0.05, 0) is 44.0 Å². The van der Waals surface area contributed by atoms with Crippen LogP contribution in [0.1, 0.15) is 12.0 Å². The highest BCUT2D eigenvalue weighted by Crippen LogP contribution is 2.25.